The van der Waals surface area contributed by atoms with Gasteiger partial charge in [0.25, 0.3) is 5.91 Å². The lowest BCUT2D eigenvalue weighted by atomic mass is 10.2. The number of aromatic amines is 1. The van der Waals surface area contributed by atoms with E-state index in [1.54, 1.807) is 20.8 Å². The molecule has 0 saturated heterocycles. The van der Waals surface area contributed by atoms with Crippen LogP contribution in [0, 0.1) is 13.8 Å². The largest absolute Gasteiger partial charge is 0.394 e. The van der Waals surface area contributed by atoms with Crippen LogP contribution in [-0.2, 0) is 0 Å². The number of nitrogens with one attached hydrogen (secondary N) is 2. The fourth-order valence-corrected chi connectivity index (χ4v) is 1.23. The highest BCUT2D eigenvalue weighted by Gasteiger charge is 2.16. The molecular formula is C9H15N3O2. The Morgan fingerprint density at radius 3 is 2.71 bits per heavy atom. The van der Waals surface area contributed by atoms with E-state index in [0.29, 0.717) is 11.3 Å². The van der Waals surface area contributed by atoms with Crippen LogP contribution in [0.5, 0.6) is 0 Å². The number of hydrogen-bond donors (Lipinski definition) is 3. The van der Waals surface area contributed by atoms with Gasteiger partial charge in [-0.3, -0.25) is 9.89 Å². The first-order valence-electron chi connectivity index (χ1n) is 4.49. The SMILES string of the molecule is Cc1n[nH]c(C)c1C(=O)NC(C)CO. The van der Waals surface area contributed by atoms with Gasteiger partial charge in [0, 0.05) is 11.7 Å². The average molecular weight is 197 g/mol. The molecule has 1 atom stereocenters. The minimum absolute atomic E-state index is 0.0678. The summed E-state index contributed by atoms with van der Waals surface area (Å²) in [7, 11) is 0. The standard InChI is InChI=1S/C9H15N3O2/c1-5(4-13)10-9(14)8-6(2)11-12-7(8)3/h5,13H,4H2,1-3H3,(H,10,14)(H,11,12). The summed E-state index contributed by atoms with van der Waals surface area (Å²) in [4.78, 5) is 11.6. The lowest BCUT2D eigenvalue weighted by molar-refractivity contribution is 0.0921. The van der Waals surface area contributed by atoms with Crippen molar-refractivity contribution in [2.45, 2.75) is 26.8 Å². The van der Waals surface area contributed by atoms with Crippen LogP contribution in [0.3, 0.4) is 0 Å². The number of carbonyl (C=O) groups excluding carboxylic acids is 1. The first kappa shape index (κ1) is 10.7. The molecule has 14 heavy (non-hydrogen) atoms. The minimum Gasteiger partial charge on any atom is -0.394 e. The van der Waals surface area contributed by atoms with Crippen molar-refractivity contribution in [3.8, 4) is 0 Å². The highest BCUT2D eigenvalue weighted by Crippen LogP contribution is 2.08. The van der Waals surface area contributed by atoms with Gasteiger partial charge in [-0.05, 0) is 20.8 Å². The highest BCUT2D eigenvalue weighted by molar-refractivity contribution is 5.96. The summed E-state index contributed by atoms with van der Waals surface area (Å²) in [6, 6.07) is -0.240. The van der Waals surface area contributed by atoms with Crippen molar-refractivity contribution in [1.82, 2.24) is 15.5 Å². The molecule has 5 nitrogen and oxygen atoms in total. The number of nitrogens with zero attached hydrogens (tertiary/aromatic N) is 1. The molecule has 0 aliphatic carbocycles. The molecule has 3 N–H and O–H groups in total. The number of aryl methyl sites for hydroxylation is 2. The molecule has 78 valence electrons. The Morgan fingerprint density at radius 2 is 2.29 bits per heavy atom. The summed E-state index contributed by atoms with van der Waals surface area (Å²) in [5, 5.41) is 18.1. The Hall–Kier alpha value is -1.36. The van der Waals surface area contributed by atoms with E-state index >= 15 is 0 Å². The fraction of sp³-hybridized carbons (Fsp3) is 0.556. The van der Waals surface area contributed by atoms with Crippen molar-refractivity contribution < 1.29 is 9.90 Å². The van der Waals surface area contributed by atoms with Crippen molar-refractivity contribution >= 4 is 5.91 Å². The van der Waals surface area contributed by atoms with Crippen LogP contribution in [0.1, 0.15) is 28.7 Å². The molecular weight excluding hydrogens is 182 g/mol. The third-order valence-corrected chi connectivity index (χ3v) is 2.01. The van der Waals surface area contributed by atoms with Gasteiger partial charge in [-0.15, -0.1) is 0 Å². The van der Waals surface area contributed by atoms with Gasteiger partial charge in [-0.2, -0.15) is 5.10 Å². The first-order valence-corrected chi connectivity index (χ1v) is 4.49. The minimum atomic E-state index is -0.240. The highest BCUT2D eigenvalue weighted by atomic mass is 16.3. The Kier molecular flexibility index (Phi) is 3.24. The number of aliphatic hydroxyl groups excluding tert-OH is 1. The second-order valence-corrected chi connectivity index (χ2v) is 3.37. The third-order valence-electron chi connectivity index (χ3n) is 2.01. The van der Waals surface area contributed by atoms with Gasteiger partial charge >= 0.3 is 0 Å². The Morgan fingerprint density at radius 1 is 1.64 bits per heavy atom. The molecule has 0 aliphatic rings. The molecule has 1 aromatic rings. The van der Waals surface area contributed by atoms with E-state index in [4.69, 9.17) is 5.11 Å². The monoisotopic (exact) mass is 197 g/mol. The van der Waals surface area contributed by atoms with E-state index in [1.807, 2.05) is 0 Å². The van der Waals surface area contributed by atoms with Crippen molar-refractivity contribution in [1.29, 1.82) is 0 Å². The zero-order valence-corrected chi connectivity index (χ0v) is 8.59. The maximum Gasteiger partial charge on any atom is 0.255 e. The number of aromatic nitrogens is 2. The van der Waals surface area contributed by atoms with Gasteiger partial charge in [0.2, 0.25) is 0 Å². The van der Waals surface area contributed by atoms with Crippen LogP contribution in [0.2, 0.25) is 0 Å². The predicted molar refractivity (Wildman–Crippen MR) is 52.1 cm³/mol. The van der Waals surface area contributed by atoms with Crippen molar-refractivity contribution in [2.75, 3.05) is 6.61 Å². The van der Waals surface area contributed by atoms with Gasteiger partial charge in [-0.25, -0.2) is 0 Å². The second kappa shape index (κ2) is 4.23. The lowest BCUT2D eigenvalue weighted by Crippen LogP contribution is -2.35. The Labute approximate surface area is 82.5 Å². The number of aliphatic hydroxyl groups is 1. The zero-order valence-electron chi connectivity index (χ0n) is 8.59. The van der Waals surface area contributed by atoms with Crippen LogP contribution in [0.4, 0.5) is 0 Å². The molecule has 1 amide bonds. The molecule has 0 saturated carbocycles. The average Bonchev–Trinajstić information content (AvgIpc) is 2.46. The summed E-state index contributed by atoms with van der Waals surface area (Å²) in [6.07, 6.45) is 0. The van der Waals surface area contributed by atoms with E-state index in [1.165, 1.54) is 0 Å². The fourth-order valence-electron chi connectivity index (χ4n) is 1.23. The van der Waals surface area contributed by atoms with Crippen LogP contribution in [0.25, 0.3) is 0 Å². The molecule has 1 aromatic heterocycles. The molecule has 0 bridgehead atoms. The van der Waals surface area contributed by atoms with E-state index in [2.05, 4.69) is 15.5 Å². The molecule has 5 heteroatoms. The van der Waals surface area contributed by atoms with Crippen LogP contribution < -0.4 is 5.32 Å². The molecule has 1 unspecified atom stereocenters. The van der Waals surface area contributed by atoms with Gasteiger partial charge in [-0.1, -0.05) is 0 Å². The quantitative estimate of drug-likeness (QED) is 0.644. The number of rotatable bonds is 3. The molecule has 0 aliphatic heterocycles. The maximum atomic E-state index is 11.6. The van der Waals surface area contributed by atoms with Crippen molar-refractivity contribution in [3.05, 3.63) is 17.0 Å². The molecule has 1 heterocycles. The lowest BCUT2D eigenvalue weighted by Gasteiger charge is -2.10. The summed E-state index contributed by atoms with van der Waals surface area (Å²) in [5.74, 6) is -0.199. The summed E-state index contributed by atoms with van der Waals surface area (Å²) >= 11 is 0. The van der Waals surface area contributed by atoms with Crippen molar-refractivity contribution in [3.63, 3.8) is 0 Å². The van der Waals surface area contributed by atoms with Crippen molar-refractivity contribution in [2.24, 2.45) is 0 Å². The first-order chi connectivity index (χ1) is 6.56. The predicted octanol–water partition coefficient (Wildman–Crippen LogP) is 0.137. The molecule has 0 fully saturated rings. The summed E-state index contributed by atoms with van der Waals surface area (Å²) < 4.78 is 0. The summed E-state index contributed by atoms with van der Waals surface area (Å²) in [5.41, 5.74) is 1.97. The van der Waals surface area contributed by atoms with Gasteiger partial charge in [0.05, 0.1) is 17.9 Å². The normalized spacial score (nSPS) is 12.6. The van der Waals surface area contributed by atoms with Crippen LogP contribution in [0.15, 0.2) is 0 Å². The molecule has 1 rings (SSSR count). The zero-order chi connectivity index (χ0) is 10.7. The van der Waals surface area contributed by atoms with E-state index in [0.717, 1.165) is 5.69 Å². The third kappa shape index (κ3) is 2.11. The Bertz CT molecular complexity index is 313. The number of carbonyl (C=O) groups is 1. The Balaban J connectivity index is 2.79. The van der Waals surface area contributed by atoms with E-state index in [-0.39, 0.29) is 18.6 Å². The topological polar surface area (TPSA) is 78.0 Å². The number of amides is 1. The van der Waals surface area contributed by atoms with Gasteiger partial charge in [0.1, 0.15) is 0 Å². The van der Waals surface area contributed by atoms with Gasteiger partial charge < -0.3 is 10.4 Å². The summed E-state index contributed by atoms with van der Waals surface area (Å²) in [6.45, 7) is 5.23. The second-order valence-electron chi connectivity index (χ2n) is 3.37. The smallest absolute Gasteiger partial charge is 0.255 e. The van der Waals surface area contributed by atoms with Gasteiger partial charge in [0.15, 0.2) is 0 Å². The molecule has 0 aromatic carbocycles. The molecule has 0 spiro atoms. The number of H-pyrrole nitrogens is 1. The van der Waals surface area contributed by atoms with E-state index in [9.17, 15) is 4.79 Å². The van der Waals surface area contributed by atoms with Crippen LogP contribution >= 0.6 is 0 Å². The molecule has 0 radical (unpaired) electrons. The number of hydrogen-bond acceptors (Lipinski definition) is 3. The van der Waals surface area contributed by atoms with E-state index < -0.39 is 0 Å². The van der Waals surface area contributed by atoms with Crippen LogP contribution in [-0.4, -0.2) is 33.9 Å². The maximum absolute atomic E-state index is 11.6.